The number of ether oxygens (including phenoxy) is 2. The van der Waals surface area contributed by atoms with Crippen molar-refractivity contribution in [1.29, 1.82) is 0 Å². The van der Waals surface area contributed by atoms with E-state index in [1.54, 1.807) is 34.0 Å². The van der Waals surface area contributed by atoms with E-state index in [2.05, 4.69) is 9.97 Å². The van der Waals surface area contributed by atoms with Gasteiger partial charge in [-0.3, -0.25) is 9.59 Å². The number of nitrogens with zero attached hydrogens (tertiary/aromatic N) is 4. The van der Waals surface area contributed by atoms with Crippen molar-refractivity contribution in [3.05, 3.63) is 35.9 Å². The van der Waals surface area contributed by atoms with Crippen LogP contribution in [0.2, 0.25) is 0 Å². The summed E-state index contributed by atoms with van der Waals surface area (Å²) in [5.74, 6) is 0.845. The number of amides is 2. The van der Waals surface area contributed by atoms with Crippen LogP contribution in [0.3, 0.4) is 0 Å². The molecule has 3 heterocycles. The lowest BCUT2D eigenvalue weighted by molar-refractivity contribution is -0.118. The van der Waals surface area contributed by atoms with Gasteiger partial charge in [0.1, 0.15) is 17.9 Å². The zero-order valence-corrected chi connectivity index (χ0v) is 15.4. The summed E-state index contributed by atoms with van der Waals surface area (Å²) in [6, 6.07) is 3.29. The van der Waals surface area contributed by atoms with Crippen molar-refractivity contribution in [3.8, 4) is 11.8 Å². The fourth-order valence-electron chi connectivity index (χ4n) is 3.38. The second-order valence-electron chi connectivity index (χ2n) is 6.38. The number of carbonyl (C=O) groups excluding carboxylic acids is 2. The van der Waals surface area contributed by atoms with Gasteiger partial charge >= 0.3 is 0 Å². The van der Waals surface area contributed by atoms with Gasteiger partial charge in [0.15, 0.2) is 0 Å². The average molecular weight is 373 g/mol. The molecule has 27 heavy (non-hydrogen) atoms. The van der Waals surface area contributed by atoms with E-state index in [1.807, 2.05) is 0 Å². The maximum atomic E-state index is 13.0. The Balaban J connectivity index is 1.79. The number of rotatable bonds is 6. The van der Waals surface area contributed by atoms with Crippen molar-refractivity contribution in [2.75, 3.05) is 27.3 Å². The van der Waals surface area contributed by atoms with Crippen LogP contribution in [0.1, 0.15) is 34.9 Å². The predicted octanol–water partition coefficient (Wildman–Crippen LogP) is 0.800. The molecule has 0 saturated carbocycles. The lowest BCUT2D eigenvalue weighted by Crippen LogP contribution is -2.40. The molecule has 1 fully saturated rings. The molecule has 2 amide bonds. The van der Waals surface area contributed by atoms with Crippen LogP contribution in [0.4, 0.5) is 0 Å². The number of carbonyl (C=O) groups is 2. The second kappa shape index (κ2) is 8.07. The first-order valence-electron chi connectivity index (χ1n) is 8.71. The van der Waals surface area contributed by atoms with E-state index >= 15 is 0 Å². The van der Waals surface area contributed by atoms with Gasteiger partial charge in [0.05, 0.1) is 14.2 Å². The van der Waals surface area contributed by atoms with Gasteiger partial charge in [-0.05, 0) is 18.9 Å². The standard InChI is InChI=1S/C18H23N5O4/c1-26-15-6-5-13(17(21-15)27-2)18(25)23-8-3-4-12(10-23)16-20-7-9-22(16)11-14(19)24/h5-7,9,12H,3-4,8,10-11H2,1-2H3,(H2,19,24)/t12-/m1/s1. The van der Waals surface area contributed by atoms with Gasteiger partial charge in [0, 0.05) is 37.5 Å². The van der Waals surface area contributed by atoms with Gasteiger partial charge in [-0.15, -0.1) is 0 Å². The SMILES string of the molecule is COc1ccc(C(=O)N2CCC[C@@H](c3nccn3CC(N)=O)C2)c(OC)n1. The highest BCUT2D eigenvalue weighted by molar-refractivity contribution is 5.96. The molecule has 0 radical (unpaired) electrons. The van der Waals surface area contributed by atoms with Crippen molar-refractivity contribution in [3.63, 3.8) is 0 Å². The maximum absolute atomic E-state index is 13.0. The van der Waals surface area contributed by atoms with E-state index in [4.69, 9.17) is 15.2 Å². The van der Waals surface area contributed by atoms with Gasteiger partial charge in [-0.2, -0.15) is 4.98 Å². The van der Waals surface area contributed by atoms with Crippen molar-refractivity contribution in [1.82, 2.24) is 19.4 Å². The van der Waals surface area contributed by atoms with E-state index in [-0.39, 0.29) is 24.2 Å². The van der Waals surface area contributed by atoms with Crippen LogP contribution in [-0.4, -0.2) is 58.6 Å². The highest BCUT2D eigenvalue weighted by atomic mass is 16.5. The van der Waals surface area contributed by atoms with Crippen LogP contribution in [0.25, 0.3) is 0 Å². The van der Waals surface area contributed by atoms with Crippen molar-refractivity contribution in [2.24, 2.45) is 5.73 Å². The largest absolute Gasteiger partial charge is 0.481 e. The third kappa shape index (κ3) is 4.02. The van der Waals surface area contributed by atoms with Crippen LogP contribution >= 0.6 is 0 Å². The van der Waals surface area contributed by atoms with Crippen LogP contribution in [-0.2, 0) is 11.3 Å². The number of hydrogen-bond donors (Lipinski definition) is 1. The fraction of sp³-hybridized carbons (Fsp3) is 0.444. The third-order valence-electron chi connectivity index (χ3n) is 4.62. The zero-order valence-electron chi connectivity index (χ0n) is 15.4. The molecule has 2 N–H and O–H groups in total. The van der Waals surface area contributed by atoms with Crippen LogP contribution in [0, 0.1) is 0 Å². The first-order chi connectivity index (χ1) is 13.0. The fourth-order valence-corrected chi connectivity index (χ4v) is 3.38. The molecule has 1 aliphatic heterocycles. The molecule has 2 aromatic heterocycles. The third-order valence-corrected chi connectivity index (χ3v) is 4.62. The second-order valence-corrected chi connectivity index (χ2v) is 6.38. The van der Waals surface area contributed by atoms with E-state index in [0.29, 0.717) is 24.5 Å². The molecule has 9 heteroatoms. The monoisotopic (exact) mass is 373 g/mol. The number of aromatic nitrogens is 3. The van der Waals surface area contributed by atoms with E-state index < -0.39 is 5.91 Å². The van der Waals surface area contributed by atoms with E-state index in [0.717, 1.165) is 18.7 Å². The lowest BCUT2D eigenvalue weighted by atomic mass is 9.96. The molecule has 1 saturated heterocycles. The van der Waals surface area contributed by atoms with Gasteiger partial charge in [0.2, 0.25) is 17.7 Å². The minimum atomic E-state index is -0.424. The molecule has 1 atom stereocenters. The summed E-state index contributed by atoms with van der Waals surface area (Å²) >= 11 is 0. The highest BCUT2D eigenvalue weighted by Crippen LogP contribution is 2.28. The summed E-state index contributed by atoms with van der Waals surface area (Å²) in [6.45, 7) is 1.22. The zero-order chi connectivity index (χ0) is 19.4. The van der Waals surface area contributed by atoms with Gasteiger partial charge in [-0.1, -0.05) is 0 Å². The summed E-state index contributed by atoms with van der Waals surface area (Å²) in [5, 5.41) is 0. The van der Waals surface area contributed by atoms with E-state index in [9.17, 15) is 9.59 Å². The average Bonchev–Trinajstić information content (AvgIpc) is 3.14. The molecule has 2 aromatic rings. The molecule has 9 nitrogen and oxygen atoms in total. The Kier molecular flexibility index (Phi) is 5.58. The Hall–Kier alpha value is -3.10. The number of likely N-dealkylation sites (tertiary alicyclic amines) is 1. The van der Waals surface area contributed by atoms with Gasteiger partial charge in [-0.25, -0.2) is 4.98 Å². The smallest absolute Gasteiger partial charge is 0.259 e. The highest BCUT2D eigenvalue weighted by Gasteiger charge is 2.29. The first-order valence-corrected chi connectivity index (χ1v) is 8.71. The Morgan fingerprint density at radius 3 is 2.81 bits per heavy atom. The number of methoxy groups -OCH3 is 2. The summed E-state index contributed by atoms with van der Waals surface area (Å²) in [6.07, 6.45) is 5.11. The molecular formula is C18H23N5O4. The minimum absolute atomic E-state index is 0.0363. The molecule has 0 spiro atoms. The molecule has 0 aliphatic carbocycles. The van der Waals surface area contributed by atoms with Crippen molar-refractivity contribution >= 4 is 11.8 Å². The summed E-state index contributed by atoms with van der Waals surface area (Å²) < 4.78 is 12.1. The number of nitrogens with two attached hydrogens (primary N) is 1. The number of pyridine rings is 1. The van der Waals surface area contributed by atoms with E-state index in [1.165, 1.54) is 14.2 Å². The molecule has 1 aliphatic rings. The van der Waals surface area contributed by atoms with Crippen molar-refractivity contribution in [2.45, 2.75) is 25.3 Å². The Morgan fingerprint density at radius 2 is 2.11 bits per heavy atom. The lowest BCUT2D eigenvalue weighted by Gasteiger charge is -2.32. The number of imidazole rings is 1. The van der Waals surface area contributed by atoms with Crippen LogP contribution < -0.4 is 15.2 Å². The predicted molar refractivity (Wildman–Crippen MR) is 96.6 cm³/mol. The van der Waals surface area contributed by atoms with Crippen molar-refractivity contribution < 1.29 is 19.1 Å². The summed E-state index contributed by atoms with van der Waals surface area (Å²) in [4.78, 5) is 34.6. The topological polar surface area (TPSA) is 113 Å². The molecule has 3 rings (SSSR count). The number of piperidine rings is 1. The minimum Gasteiger partial charge on any atom is -0.481 e. The first kappa shape index (κ1) is 18.7. The molecule has 0 bridgehead atoms. The Labute approximate surface area is 157 Å². The number of hydrogen-bond acceptors (Lipinski definition) is 6. The maximum Gasteiger partial charge on any atom is 0.259 e. The Morgan fingerprint density at radius 1 is 1.30 bits per heavy atom. The normalized spacial score (nSPS) is 16.8. The van der Waals surface area contributed by atoms with Gasteiger partial charge < -0.3 is 24.7 Å². The molecule has 144 valence electrons. The summed E-state index contributed by atoms with van der Waals surface area (Å²) in [7, 11) is 2.98. The molecule has 0 aromatic carbocycles. The van der Waals surface area contributed by atoms with Gasteiger partial charge in [0.25, 0.3) is 5.91 Å². The molecule has 0 unspecified atom stereocenters. The Bertz CT molecular complexity index is 835. The molecular weight excluding hydrogens is 350 g/mol. The van der Waals surface area contributed by atoms with Crippen LogP contribution in [0.15, 0.2) is 24.5 Å². The van der Waals surface area contributed by atoms with Crippen LogP contribution in [0.5, 0.6) is 11.8 Å². The summed E-state index contributed by atoms with van der Waals surface area (Å²) in [5.41, 5.74) is 5.69. The quantitative estimate of drug-likeness (QED) is 0.801. The number of primary amides is 1.